The van der Waals surface area contributed by atoms with E-state index in [0.717, 1.165) is 5.92 Å². The molecule has 2 aliphatic carbocycles. The van der Waals surface area contributed by atoms with Crippen LogP contribution >= 0.6 is 0 Å². The molecule has 2 fully saturated rings. The second-order valence-corrected chi connectivity index (χ2v) is 3.55. The van der Waals surface area contributed by atoms with Crippen LogP contribution in [0.3, 0.4) is 0 Å². The smallest absolute Gasteiger partial charge is 0.0535 e. The molecule has 2 atom stereocenters. The van der Waals surface area contributed by atoms with Crippen molar-refractivity contribution in [3.05, 3.63) is 12.6 Å². The summed E-state index contributed by atoms with van der Waals surface area (Å²) in [6.45, 7) is 1.49. The van der Waals surface area contributed by atoms with Gasteiger partial charge in [-0.15, -0.1) is 6.55 Å². The van der Waals surface area contributed by atoms with Gasteiger partial charge < -0.3 is 0 Å². The summed E-state index contributed by atoms with van der Waals surface area (Å²) in [5, 5.41) is 0. The maximum atomic E-state index is 7.01. The first-order valence-electron chi connectivity index (χ1n) is 4.51. The molecule has 0 spiro atoms. The Morgan fingerprint density at radius 1 is 1.67 bits per heavy atom. The lowest BCUT2D eigenvalue weighted by molar-refractivity contribution is 0.404. The fourth-order valence-electron chi connectivity index (χ4n) is 2.23. The van der Waals surface area contributed by atoms with Crippen LogP contribution in [0.1, 0.15) is 33.5 Å². The molecular formula is C9H14. The van der Waals surface area contributed by atoms with Crippen LogP contribution in [0, 0.1) is 11.3 Å². The Balaban J connectivity index is 2.05. The van der Waals surface area contributed by atoms with Crippen molar-refractivity contribution in [2.45, 2.75) is 32.1 Å². The fraction of sp³-hybridized carbons (Fsp3) is 0.778. The summed E-state index contributed by atoms with van der Waals surface area (Å²) < 4.78 is 7.01. The minimum absolute atomic E-state index is 0.528. The van der Waals surface area contributed by atoms with Crippen molar-refractivity contribution in [3.63, 3.8) is 0 Å². The number of fused-ring (bicyclic) bond motifs is 1. The third kappa shape index (κ3) is 0.654. The molecule has 0 unspecified atom stereocenters. The quantitative estimate of drug-likeness (QED) is 0.470. The number of hydrogen-bond donors (Lipinski definition) is 0. The highest BCUT2D eigenvalue weighted by atomic mass is 14.6. The highest BCUT2D eigenvalue weighted by Gasteiger charge is 2.51. The predicted octanol–water partition coefficient (Wildman–Crippen LogP) is 2.75. The van der Waals surface area contributed by atoms with Gasteiger partial charge in [-0.25, -0.2) is 0 Å². The highest BCUT2D eigenvalue weighted by molar-refractivity contribution is 5.13. The zero-order valence-electron chi connectivity index (χ0n) is 6.77. The predicted molar refractivity (Wildman–Crippen MR) is 39.2 cm³/mol. The highest BCUT2D eigenvalue weighted by Crippen LogP contribution is 2.61. The van der Waals surface area contributed by atoms with Gasteiger partial charge in [-0.1, -0.05) is 18.9 Å². The van der Waals surface area contributed by atoms with E-state index in [9.17, 15) is 0 Å². The lowest BCUT2D eigenvalue weighted by Crippen LogP contribution is -2.04. The Morgan fingerprint density at radius 2 is 2.67 bits per heavy atom. The van der Waals surface area contributed by atoms with Crippen molar-refractivity contribution in [2.24, 2.45) is 11.3 Å². The van der Waals surface area contributed by atoms with E-state index in [1.165, 1.54) is 38.7 Å². The van der Waals surface area contributed by atoms with Crippen LogP contribution in [-0.2, 0) is 0 Å². The SMILES string of the molecule is [2H]C=C[C@@]12CCCC[C@@H]1C2. The van der Waals surface area contributed by atoms with E-state index in [0.29, 0.717) is 5.41 Å². The van der Waals surface area contributed by atoms with Crippen molar-refractivity contribution >= 4 is 0 Å². The van der Waals surface area contributed by atoms with Crippen molar-refractivity contribution < 1.29 is 1.37 Å². The number of hydrogen-bond acceptors (Lipinski definition) is 0. The van der Waals surface area contributed by atoms with Crippen LogP contribution in [-0.4, -0.2) is 0 Å². The van der Waals surface area contributed by atoms with Crippen molar-refractivity contribution in [1.82, 2.24) is 0 Å². The average Bonchev–Trinajstić information content (AvgIpc) is 2.62. The summed E-state index contributed by atoms with van der Waals surface area (Å²) in [7, 11) is 0. The lowest BCUT2D eigenvalue weighted by atomic mass is 9.89. The van der Waals surface area contributed by atoms with Crippen molar-refractivity contribution in [3.8, 4) is 0 Å². The summed E-state index contributed by atoms with van der Waals surface area (Å²) in [4.78, 5) is 0. The molecule has 0 radical (unpaired) electrons. The van der Waals surface area contributed by atoms with Gasteiger partial charge in [0, 0.05) is 0 Å². The molecule has 0 heteroatoms. The molecule has 0 N–H and O–H groups in total. The van der Waals surface area contributed by atoms with Crippen LogP contribution < -0.4 is 0 Å². The second kappa shape index (κ2) is 1.62. The molecule has 0 saturated heterocycles. The van der Waals surface area contributed by atoms with Crippen LogP contribution in [0.5, 0.6) is 0 Å². The molecule has 0 aromatic heterocycles. The monoisotopic (exact) mass is 123 g/mol. The molecule has 0 bridgehead atoms. The first kappa shape index (κ1) is 4.54. The van der Waals surface area contributed by atoms with Gasteiger partial charge in [-0.05, 0) is 30.6 Å². The first-order valence-corrected chi connectivity index (χ1v) is 3.93. The summed E-state index contributed by atoms with van der Waals surface area (Å²) in [5.41, 5.74) is 0.528. The minimum atomic E-state index is 0.528. The summed E-state index contributed by atoms with van der Waals surface area (Å²) in [6.07, 6.45) is 9.09. The topological polar surface area (TPSA) is 0 Å². The van der Waals surface area contributed by atoms with E-state index in [1.807, 2.05) is 0 Å². The zero-order chi connectivity index (χ0) is 7.03. The van der Waals surface area contributed by atoms with Gasteiger partial charge >= 0.3 is 0 Å². The summed E-state index contributed by atoms with van der Waals surface area (Å²) in [5.74, 6) is 0.961. The molecule has 0 aromatic carbocycles. The summed E-state index contributed by atoms with van der Waals surface area (Å²) >= 11 is 0. The van der Waals surface area contributed by atoms with Gasteiger partial charge in [-0.3, -0.25) is 0 Å². The van der Waals surface area contributed by atoms with E-state index in [2.05, 4.69) is 6.08 Å². The Kier molecular flexibility index (Phi) is 0.816. The van der Waals surface area contributed by atoms with Crippen LogP contribution in [0.25, 0.3) is 0 Å². The molecule has 0 heterocycles. The van der Waals surface area contributed by atoms with Gasteiger partial charge in [0.15, 0.2) is 0 Å². The zero-order valence-corrected chi connectivity index (χ0v) is 5.77. The minimum Gasteiger partial charge on any atom is -0.103 e. The van der Waals surface area contributed by atoms with Gasteiger partial charge in [0.1, 0.15) is 0 Å². The third-order valence-electron chi connectivity index (χ3n) is 3.06. The molecule has 2 rings (SSSR count). The van der Waals surface area contributed by atoms with Crippen LogP contribution in [0.15, 0.2) is 12.6 Å². The van der Waals surface area contributed by atoms with E-state index in [1.54, 1.807) is 0 Å². The van der Waals surface area contributed by atoms with Crippen LogP contribution in [0.2, 0.25) is 0 Å². The number of allylic oxidation sites excluding steroid dienone is 1. The Labute approximate surface area is 58.4 Å². The summed E-state index contributed by atoms with van der Waals surface area (Å²) in [6, 6.07) is 0. The molecule has 50 valence electrons. The van der Waals surface area contributed by atoms with Crippen LogP contribution in [0.4, 0.5) is 0 Å². The molecule has 0 nitrogen and oxygen atoms in total. The molecule has 0 amide bonds. The maximum absolute atomic E-state index is 7.01. The van der Waals surface area contributed by atoms with E-state index in [-0.39, 0.29) is 0 Å². The van der Waals surface area contributed by atoms with Crippen molar-refractivity contribution in [2.75, 3.05) is 0 Å². The number of rotatable bonds is 1. The Hall–Kier alpha value is -0.260. The standard InChI is InChI=1S/C9H14/c1-2-9-6-4-3-5-8(9)7-9/h2,8H,1,3-7H2/t8-,9+/m1/s1/i1D. The molecule has 0 aromatic rings. The third-order valence-corrected chi connectivity index (χ3v) is 3.06. The molecular weight excluding hydrogens is 108 g/mol. The maximum Gasteiger partial charge on any atom is 0.0535 e. The van der Waals surface area contributed by atoms with Gasteiger partial charge in [0.05, 0.1) is 1.37 Å². The first-order chi connectivity index (χ1) is 4.87. The fourth-order valence-corrected chi connectivity index (χ4v) is 2.23. The van der Waals surface area contributed by atoms with Crippen molar-refractivity contribution in [1.29, 1.82) is 0 Å². The van der Waals surface area contributed by atoms with Gasteiger partial charge in [0.2, 0.25) is 0 Å². The molecule has 2 saturated carbocycles. The second-order valence-electron chi connectivity index (χ2n) is 3.55. The van der Waals surface area contributed by atoms with Gasteiger partial charge in [0.25, 0.3) is 0 Å². The normalized spacial score (nSPS) is 50.7. The molecule has 9 heavy (non-hydrogen) atoms. The van der Waals surface area contributed by atoms with E-state index < -0.39 is 0 Å². The largest absolute Gasteiger partial charge is 0.103 e. The molecule has 2 aliphatic rings. The lowest BCUT2D eigenvalue weighted by Gasteiger charge is -2.16. The average molecular weight is 123 g/mol. The van der Waals surface area contributed by atoms with E-state index in [4.69, 9.17) is 1.37 Å². The van der Waals surface area contributed by atoms with E-state index >= 15 is 0 Å². The Bertz CT molecular complexity index is 162. The Morgan fingerprint density at radius 3 is 3.44 bits per heavy atom. The molecule has 0 aliphatic heterocycles. The van der Waals surface area contributed by atoms with Gasteiger partial charge in [-0.2, -0.15) is 0 Å².